The second-order valence-electron chi connectivity index (χ2n) is 8.17. The molecule has 0 saturated carbocycles. The highest BCUT2D eigenvalue weighted by molar-refractivity contribution is 5.77. The van der Waals surface area contributed by atoms with Crippen LogP contribution in [-0.4, -0.2) is 94.0 Å². The Kier molecular flexibility index (Phi) is 11.6. The number of nitrogens with one attached hydrogen (secondary N) is 1. The second kappa shape index (κ2) is 13.4. The fourth-order valence-electron chi connectivity index (χ4n) is 3.94. The Morgan fingerprint density at radius 1 is 1.00 bits per heavy atom. The summed E-state index contributed by atoms with van der Waals surface area (Å²) in [5.41, 5.74) is 1.55. The number of carbonyl (C=O) groups is 3. The lowest BCUT2D eigenvalue weighted by atomic mass is 9.84. The lowest BCUT2D eigenvalue weighted by Gasteiger charge is -2.45. The molecule has 0 atom stereocenters. The summed E-state index contributed by atoms with van der Waals surface area (Å²) in [5, 5.41) is 17.0. The van der Waals surface area contributed by atoms with Crippen molar-refractivity contribution in [3.8, 4) is 0 Å². The van der Waals surface area contributed by atoms with Crippen LogP contribution in [0.15, 0.2) is 24.5 Å². The maximum absolute atomic E-state index is 11.7. The van der Waals surface area contributed by atoms with E-state index >= 15 is 0 Å². The number of alkyl halides is 6. The molecule has 3 rings (SSSR count). The molecule has 0 bridgehead atoms. The van der Waals surface area contributed by atoms with E-state index in [0.29, 0.717) is 6.54 Å². The minimum atomic E-state index is -5.08. The van der Waals surface area contributed by atoms with Gasteiger partial charge in [-0.1, -0.05) is 6.07 Å². The molecule has 204 valence electrons. The van der Waals surface area contributed by atoms with E-state index in [1.807, 2.05) is 18.5 Å². The Bertz CT molecular complexity index is 835. The third-order valence-corrected chi connectivity index (χ3v) is 5.76. The summed E-state index contributed by atoms with van der Waals surface area (Å²) in [6, 6.07) is 4.15. The summed E-state index contributed by atoms with van der Waals surface area (Å²) in [6.45, 7) is 4.83. The Morgan fingerprint density at radius 2 is 1.53 bits per heavy atom. The van der Waals surface area contributed by atoms with Crippen LogP contribution in [0.25, 0.3) is 0 Å². The number of carboxylic acids is 2. The number of hydrogen-bond donors (Lipinski definition) is 3. The van der Waals surface area contributed by atoms with E-state index in [1.54, 1.807) is 7.05 Å². The van der Waals surface area contributed by atoms with Gasteiger partial charge in [-0.05, 0) is 43.9 Å². The predicted octanol–water partition coefficient (Wildman–Crippen LogP) is 2.52. The first-order chi connectivity index (χ1) is 16.6. The topological polar surface area (TPSA) is 123 Å². The van der Waals surface area contributed by atoms with Crippen LogP contribution in [0, 0.1) is 0 Å². The fourth-order valence-corrected chi connectivity index (χ4v) is 3.94. The molecule has 9 nitrogen and oxygen atoms in total. The van der Waals surface area contributed by atoms with E-state index < -0.39 is 24.3 Å². The van der Waals surface area contributed by atoms with Gasteiger partial charge in [-0.15, -0.1) is 0 Å². The average Bonchev–Trinajstić information content (AvgIpc) is 3.17. The van der Waals surface area contributed by atoms with Gasteiger partial charge in [0.05, 0.1) is 6.54 Å². The molecule has 3 N–H and O–H groups in total. The van der Waals surface area contributed by atoms with Crippen molar-refractivity contribution in [1.29, 1.82) is 0 Å². The molecule has 15 heteroatoms. The molecule has 1 spiro atoms. The Balaban J connectivity index is 0.000000383. The maximum atomic E-state index is 11.7. The zero-order chi connectivity index (χ0) is 27.6. The third-order valence-electron chi connectivity index (χ3n) is 5.76. The van der Waals surface area contributed by atoms with Crippen LogP contribution in [0.4, 0.5) is 26.3 Å². The molecule has 2 fully saturated rings. The number of aliphatic carboxylic acids is 2. The Morgan fingerprint density at radius 3 is 1.94 bits per heavy atom. The van der Waals surface area contributed by atoms with Crippen LogP contribution >= 0.6 is 0 Å². The number of aromatic nitrogens is 1. The van der Waals surface area contributed by atoms with Crippen molar-refractivity contribution in [1.82, 2.24) is 20.1 Å². The van der Waals surface area contributed by atoms with Crippen LogP contribution in [0.2, 0.25) is 0 Å². The lowest BCUT2D eigenvalue weighted by Crippen LogP contribution is -2.54. The van der Waals surface area contributed by atoms with Crippen molar-refractivity contribution in [3.63, 3.8) is 0 Å². The summed E-state index contributed by atoms with van der Waals surface area (Å²) in [5.74, 6) is -5.38. The van der Waals surface area contributed by atoms with E-state index in [9.17, 15) is 31.1 Å². The number of halogens is 6. The van der Waals surface area contributed by atoms with E-state index in [1.165, 1.54) is 31.2 Å². The highest BCUT2D eigenvalue weighted by Crippen LogP contribution is 2.38. The van der Waals surface area contributed by atoms with Crippen molar-refractivity contribution < 1.29 is 50.9 Å². The van der Waals surface area contributed by atoms with Crippen LogP contribution in [0.3, 0.4) is 0 Å². The average molecular weight is 530 g/mol. The maximum Gasteiger partial charge on any atom is 0.490 e. The number of pyridine rings is 1. The molecule has 2 aliphatic heterocycles. The summed E-state index contributed by atoms with van der Waals surface area (Å²) in [4.78, 5) is 38.7. The van der Waals surface area contributed by atoms with Crippen molar-refractivity contribution >= 4 is 17.8 Å². The number of carboxylic acid groups (broad SMARTS) is 2. The van der Waals surface area contributed by atoms with E-state index in [2.05, 4.69) is 26.2 Å². The van der Waals surface area contributed by atoms with Gasteiger partial charge < -0.3 is 15.5 Å². The standard InChI is InChI=1S/C17H26N4O.2C2HF3O2/c1-18-16(22)14-21-9-3-5-17(21)6-10-20(11-7-17)13-15-4-2-8-19-12-15;2*3-2(4,5)1(6)7/h2,4,8,12H,3,5-7,9-11,13-14H2,1H3,(H,18,22);2*(H,6,7). The SMILES string of the molecule is CNC(=O)CN1CCCC12CCN(Cc1cccnc1)CC2.O=C(O)C(F)(F)F.O=C(O)C(F)(F)F. The number of carbonyl (C=O) groups excluding carboxylic acids is 1. The molecule has 2 saturated heterocycles. The molecule has 0 aromatic carbocycles. The normalized spacial score (nSPS) is 17.9. The van der Waals surface area contributed by atoms with Gasteiger partial charge >= 0.3 is 24.3 Å². The van der Waals surface area contributed by atoms with Crippen LogP contribution < -0.4 is 5.32 Å². The summed E-state index contributed by atoms with van der Waals surface area (Å²) in [6.07, 6.45) is -1.58. The van der Waals surface area contributed by atoms with Gasteiger partial charge in [-0.2, -0.15) is 26.3 Å². The summed E-state index contributed by atoms with van der Waals surface area (Å²) in [7, 11) is 1.72. The molecule has 1 amide bonds. The molecule has 36 heavy (non-hydrogen) atoms. The lowest BCUT2D eigenvalue weighted by molar-refractivity contribution is -0.193. The van der Waals surface area contributed by atoms with E-state index in [0.717, 1.165) is 26.2 Å². The highest BCUT2D eigenvalue weighted by Gasteiger charge is 2.43. The molecule has 3 heterocycles. The van der Waals surface area contributed by atoms with Crippen LogP contribution in [0.1, 0.15) is 31.2 Å². The Hall–Kier alpha value is -2.94. The minimum absolute atomic E-state index is 0.138. The van der Waals surface area contributed by atoms with Gasteiger partial charge in [0.15, 0.2) is 0 Å². The summed E-state index contributed by atoms with van der Waals surface area (Å²) < 4.78 is 63.5. The van der Waals surface area contributed by atoms with Crippen molar-refractivity contribution in [2.75, 3.05) is 33.2 Å². The van der Waals surface area contributed by atoms with Crippen LogP contribution in [0.5, 0.6) is 0 Å². The van der Waals surface area contributed by atoms with Gasteiger partial charge in [0.1, 0.15) is 0 Å². The molecule has 0 radical (unpaired) electrons. The number of amides is 1. The van der Waals surface area contributed by atoms with Crippen molar-refractivity contribution in [2.45, 2.75) is 50.1 Å². The number of rotatable bonds is 4. The molecule has 0 unspecified atom stereocenters. The highest BCUT2D eigenvalue weighted by atomic mass is 19.4. The fraction of sp³-hybridized carbons (Fsp3) is 0.619. The minimum Gasteiger partial charge on any atom is -0.475 e. The van der Waals surface area contributed by atoms with E-state index in [4.69, 9.17) is 19.8 Å². The van der Waals surface area contributed by atoms with Crippen LogP contribution in [-0.2, 0) is 20.9 Å². The predicted molar refractivity (Wildman–Crippen MR) is 114 cm³/mol. The number of hydrogen-bond acceptors (Lipinski definition) is 6. The summed E-state index contributed by atoms with van der Waals surface area (Å²) >= 11 is 0. The molecule has 1 aromatic rings. The Labute approximate surface area is 203 Å². The van der Waals surface area contributed by atoms with Gasteiger partial charge in [-0.3, -0.25) is 19.6 Å². The quantitative estimate of drug-likeness (QED) is 0.508. The molecular formula is C21H28F6N4O5. The number of likely N-dealkylation sites (N-methyl/N-ethyl adjacent to an activating group) is 1. The zero-order valence-corrected chi connectivity index (χ0v) is 19.4. The smallest absolute Gasteiger partial charge is 0.475 e. The second-order valence-corrected chi connectivity index (χ2v) is 8.17. The van der Waals surface area contributed by atoms with Gasteiger partial charge in [0.25, 0.3) is 0 Å². The monoisotopic (exact) mass is 530 g/mol. The van der Waals surface area contributed by atoms with Gasteiger partial charge in [-0.25, -0.2) is 9.59 Å². The van der Waals surface area contributed by atoms with Crippen molar-refractivity contribution in [2.24, 2.45) is 0 Å². The molecule has 0 aliphatic carbocycles. The molecular weight excluding hydrogens is 502 g/mol. The number of likely N-dealkylation sites (tertiary alicyclic amines) is 2. The van der Waals surface area contributed by atoms with E-state index in [-0.39, 0.29) is 11.4 Å². The largest absolute Gasteiger partial charge is 0.490 e. The van der Waals surface area contributed by atoms with Gasteiger partial charge in [0, 0.05) is 44.6 Å². The van der Waals surface area contributed by atoms with Crippen molar-refractivity contribution in [3.05, 3.63) is 30.1 Å². The molecule has 2 aliphatic rings. The first kappa shape index (κ1) is 31.1. The number of piperidine rings is 1. The number of nitrogens with zero attached hydrogens (tertiary/aromatic N) is 3. The zero-order valence-electron chi connectivity index (χ0n) is 19.4. The first-order valence-electron chi connectivity index (χ1n) is 10.8. The third kappa shape index (κ3) is 10.4. The first-order valence-corrected chi connectivity index (χ1v) is 10.8. The molecule has 1 aromatic heterocycles. The van der Waals surface area contributed by atoms with Gasteiger partial charge in [0.2, 0.25) is 5.91 Å².